The van der Waals surface area contributed by atoms with Crippen molar-refractivity contribution in [1.82, 2.24) is 19.6 Å². The topological polar surface area (TPSA) is 55.1 Å². The van der Waals surface area contributed by atoms with E-state index in [2.05, 4.69) is 71.5 Å². The van der Waals surface area contributed by atoms with E-state index in [0.717, 1.165) is 33.8 Å². The van der Waals surface area contributed by atoms with Crippen LogP contribution in [0.15, 0.2) is 54.9 Å². The Hall–Kier alpha value is -2.92. The average molecular weight is 392 g/mol. The molecule has 0 fully saturated rings. The predicted molar refractivity (Wildman–Crippen MR) is 114 cm³/mol. The second-order valence-corrected chi connectivity index (χ2v) is 7.56. The summed E-state index contributed by atoms with van der Waals surface area (Å²) >= 11 is 6.24. The number of fused-ring (bicyclic) bond motifs is 1. The summed E-state index contributed by atoms with van der Waals surface area (Å²) in [5.41, 5.74) is 6.34. The molecule has 142 valence electrons. The fraction of sp³-hybridized carbons (Fsp3) is 0.227. The van der Waals surface area contributed by atoms with E-state index in [-0.39, 0.29) is 0 Å². The monoisotopic (exact) mass is 391 g/mol. The van der Waals surface area contributed by atoms with E-state index in [0.29, 0.717) is 17.6 Å². The van der Waals surface area contributed by atoms with Crippen molar-refractivity contribution in [2.24, 2.45) is 0 Å². The summed E-state index contributed by atoms with van der Waals surface area (Å²) < 4.78 is 1.81. The highest BCUT2D eigenvalue weighted by Gasteiger charge is 2.13. The van der Waals surface area contributed by atoms with E-state index < -0.39 is 0 Å². The van der Waals surface area contributed by atoms with Crippen molar-refractivity contribution in [3.63, 3.8) is 0 Å². The van der Waals surface area contributed by atoms with Crippen LogP contribution in [-0.4, -0.2) is 19.6 Å². The number of halogens is 1. The summed E-state index contributed by atoms with van der Waals surface area (Å²) in [6, 6.07) is 14.3. The first kappa shape index (κ1) is 18.4. The summed E-state index contributed by atoms with van der Waals surface area (Å²) in [6.45, 7) is 6.98. The molecule has 0 radical (unpaired) electrons. The van der Waals surface area contributed by atoms with E-state index in [1.54, 1.807) is 6.07 Å². The van der Waals surface area contributed by atoms with E-state index in [4.69, 9.17) is 11.6 Å². The van der Waals surface area contributed by atoms with Gasteiger partial charge in [-0.1, -0.05) is 55.8 Å². The third-order valence-corrected chi connectivity index (χ3v) is 4.99. The maximum Gasteiger partial charge on any atom is 0.162 e. The van der Waals surface area contributed by atoms with Crippen LogP contribution < -0.4 is 5.32 Å². The number of benzene rings is 1. The lowest BCUT2D eigenvalue weighted by Crippen LogP contribution is -2.06. The Labute approximate surface area is 169 Å². The van der Waals surface area contributed by atoms with E-state index in [9.17, 15) is 0 Å². The molecule has 6 heteroatoms. The van der Waals surface area contributed by atoms with Crippen LogP contribution >= 0.6 is 11.6 Å². The molecule has 5 nitrogen and oxygen atoms in total. The van der Waals surface area contributed by atoms with Crippen LogP contribution in [0.1, 0.15) is 36.5 Å². The summed E-state index contributed by atoms with van der Waals surface area (Å²) in [6.07, 6.45) is 3.68. The molecule has 0 aliphatic rings. The van der Waals surface area contributed by atoms with E-state index in [1.165, 1.54) is 5.56 Å². The van der Waals surface area contributed by atoms with Gasteiger partial charge in [-0.3, -0.25) is 4.98 Å². The van der Waals surface area contributed by atoms with Crippen LogP contribution in [0.5, 0.6) is 0 Å². The molecule has 0 saturated heterocycles. The van der Waals surface area contributed by atoms with Gasteiger partial charge in [0.05, 0.1) is 11.9 Å². The molecule has 0 saturated carbocycles. The SMILES string of the molecule is Cc1cccnc1-c1ccc(CNc2cc(Cl)nc3c(C(C)C)cnn23)cc1. The molecule has 0 amide bonds. The Balaban J connectivity index is 1.56. The van der Waals surface area contributed by atoms with Crippen molar-refractivity contribution in [2.75, 3.05) is 5.32 Å². The average Bonchev–Trinajstić information content (AvgIpc) is 3.11. The van der Waals surface area contributed by atoms with Crippen molar-refractivity contribution in [3.8, 4) is 11.3 Å². The van der Waals surface area contributed by atoms with E-state index in [1.807, 2.05) is 23.0 Å². The summed E-state index contributed by atoms with van der Waals surface area (Å²) in [5.74, 6) is 1.16. The smallest absolute Gasteiger partial charge is 0.162 e. The normalized spacial score (nSPS) is 11.3. The number of rotatable bonds is 5. The van der Waals surface area contributed by atoms with Crippen molar-refractivity contribution in [1.29, 1.82) is 0 Å². The van der Waals surface area contributed by atoms with Crippen LogP contribution in [0.3, 0.4) is 0 Å². The van der Waals surface area contributed by atoms with Crippen molar-refractivity contribution in [2.45, 2.75) is 33.2 Å². The van der Waals surface area contributed by atoms with Gasteiger partial charge in [-0.2, -0.15) is 9.61 Å². The third kappa shape index (κ3) is 3.58. The van der Waals surface area contributed by atoms with Gasteiger partial charge in [0.15, 0.2) is 5.65 Å². The number of aryl methyl sites for hydroxylation is 1. The first-order valence-corrected chi connectivity index (χ1v) is 9.69. The zero-order valence-electron chi connectivity index (χ0n) is 16.1. The zero-order chi connectivity index (χ0) is 19.7. The molecule has 1 aromatic carbocycles. The number of nitrogens with one attached hydrogen (secondary N) is 1. The maximum atomic E-state index is 6.24. The molecule has 1 N–H and O–H groups in total. The molecule has 4 rings (SSSR count). The molecule has 4 aromatic rings. The maximum absolute atomic E-state index is 6.24. The molecule has 0 spiro atoms. The number of hydrogen-bond acceptors (Lipinski definition) is 4. The van der Waals surface area contributed by atoms with Crippen LogP contribution in [0.4, 0.5) is 5.82 Å². The molecule has 28 heavy (non-hydrogen) atoms. The first-order chi connectivity index (χ1) is 13.5. The molecule has 0 aliphatic carbocycles. The predicted octanol–water partition coefficient (Wildman–Crippen LogP) is 5.49. The Bertz CT molecular complexity index is 1120. The molecule has 3 heterocycles. The molecule has 0 bridgehead atoms. The highest BCUT2D eigenvalue weighted by atomic mass is 35.5. The molecular weight excluding hydrogens is 370 g/mol. The Morgan fingerprint density at radius 2 is 1.93 bits per heavy atom. The third-order valence-electron chi connectivity index (χ3n) is 4.80. The quantitative estimate of drug-likeness (QED) is 0.457. The van der Waals surface area contributed by atoms with Gasteiger partial charge in [-0.25, -0.2) is 4.98 Å². The van der Waals surface area contributed by atoms with Gasteiger partial charge in [0, 0.05) is 29.9 Å². The highest BCUT2D eigenvalue weighted by Crippen LogP contribution is 2.25. The van der Waals surface area contributed by atoms with Gasteiger partial charge < -0.3 is 5.32 Å². The number of anilines is 1. The Morgan fingerprint density at radius 3 is 2.64 bits per heavy atom. The molecule has 0 atom stereocenters. The lowest BCUT2D eigenvalue weighted by Gasteiger charge is -2.11. The molecule has 3 aromatic heterocycles. The molecular formula is C22H22ClN5. The van der Waals surface area contributed by atoms with Crippen molar-refractivity contribution in [3.05, 3.63) is 76.7 Å². The Morgan fingerprint density at radius 1 is 1.14 bits per heavy atom. The first-order valence-electron chi connectivity index (χ1n) is 9.32. The standard InChI is InChI=1S/C22H22ClN5/c1-14(2)18-13-26-28-20(11-19(23)27-22(18)28)25-12-16-6-8-17(9-7-16)21-15(3)5-4-10-24-21/h4-11,13-14,25H,12H2,1-3H3. The van der Waals surface area contributed by atoms with Crippen LogP contribution in [0.25, 0.3) is 16.9 Å². The number of hydrogen-bond donors (Lipinski definition) is 1. The highest BCUT2D eigenvalue weighted by molar-refractivity contribution is 6.29. The summed E-state index contributed by atoms with van der Waals surface area (Å²) in [7, 11) is 0. The minimum absolute atomic E-state index is 0.332. The molecule has 0 unspecified atom stereocenters. The van der Waals surface area contributed by atoms with Gasteiger partial charge in [0.1, 0.15) is 11.0 Å². The second kappa shape index (κ2) is 7.60. The number of pyridine rings is 1. The Kier molecular flexibility index (Phi) is 5.01. The molecule has 0 aliphatic heterocycles. The number of nitrogens with zero attached hydrogens (tertiary/aromatic N) is 4. The fourth-order valence-corrected chi connectivity index (χ4v) is 3.43. The fourth-order valence-electron chi connectivity index (χ4n) is 3.24. The van der Waals surface area contributed by atoms with Crippen molar-refractivity contribution >= 4 is 23.1 Å². The zero-order valence-corrected chi connectivity index (χ0v) is 16.9. The van der Waals surface area contributed by atoms with E-state index >= 15 is 0 Å². The van der Waals surface area contributed by atoms with Crippen LogP contribution in [0.2, 0.25) is 5.15 Å². The lowest BCUT2D eigenvalue weighted by molar-refractivity contribution is 0.871. The minimum Gasteiger partial charge on any atom is -0.366 e. The van der Waals surface area contributed by atoms with Gasteiger partial charge in [0.25, 0.3) is 0 Å². The largest absolute Gasteiger partial charge is 0.366 e. The lowest BCUT2D eigenvalue weighted by atomic mass is 10.1. The van der Waals surface area contributed by atoms with Gasteiger partial charge >= 0.3 is 0 Å². The minimum atomic E-state index is 0.332. The van der Waals surface area contributed by atoms with Crippen LogP contribution in [0, 0.1) is 6.92 Å². The van der Waals surface area contributed by atoms with Gasteiger partial charge in [-0.15, -0.1) is 0 Å². The van der Waals surface area contributed by atoms with Crippen molar-refractivity contribution < 1.29 is 0 Å². The second-order valence-electron chi connectivity index (χ2n) is 7.17. The van der Waals surface area contributed by atoms with Gasteiger partial charge in [0.2, 0.25) is 0 Å². The number of aromatic nitrogens is 4. The summed E-state index contributed by atoms with van der Waals surface area (Å²) in [4.78, 5) is 8.93. The van der Waals surface area contributed by atoms with Gasteiger partial charge in [-0.05, 0) is 30.0 Å². The summed E-state index contributed by atoms with van der Waals surface area (Å²) in [5, 5.41) is 8.37. The van der Waals surface area contributed by atoms with Crippen LogP contribution in [-0.2, 0) is 6.54 Å².